The number of aromatic nitrogens is 3. The Morgan fingerprint density at radius 1 is 1.46 bits per heavy atom. The van der Waals surface area contributed by atoms with Crippen LogP contribution in [0.1, 0.15) is 0 Å². The fraction of sp³-hybridized carbons (Fsp3) is 0. The van der Waals surface area contributed by atoms with Crippen molar-refractivity contribution < 1.29 is 0 Å². The summed E-state index contributed by atoms with van der Waals surface area (Å²) < 4.78 is 0. The molecule has 0 spiro atoms. The van der Waals surface area contributed by atoms with E-state index >= 15 is 0 Å². The molecule has 0 atom stereocenters. The highest BCUT2D eigenvalue weighted by Crippen LogP contribution is 2.12. The van der Waals surface area contributed by atoms with E-state index in [1.165, 1.54) is 6.07 Å². The number of rotatable bonds is 1. The van der Waals surface area contributed by atoms with E-state index in [1.54, 1.807) is 18.5 Å². The van der Waals surface area contributed by atoms with Crippen LogP contribution in [0.25, 0.3) is 11.3 Å². The van der Waals surface area contributed by atoms with E-state index in [0.29, 0.717) is 17.1 Å². The predicted molar refractivity (Wildman–Crippen MR) is 49.1 cm³/mol. The van der Waals surface area contributed by atoms with Crippen LogP contribution in [0.4, 0.5) is 5.82 Å². The second kappa shape index (κ2) is 2.78. The lowest BCUT2D eigenvalue weighted by atomic mass is 10.2. The summed E-state index contributed by atoms with van der Waals surface area (Å²) in [5.74, 6) is 0.373. The van der Waals surface area contributed by atoms with Crippen molar-refractivity contribution in [1.29, 1.82) is 0 Å². The summed E-state index contributed by atoms with van der Waals surface area (Å²) in [6, 6.07) is 3.07. The topological polar surface area (TPSA) is 87.6 Å². The Morgan fingerprint density at radius 3 is 2.92 bits per heavy atom. The number of hydrogen-bond acceptors (Lipinski definition) is 3. The van der Waals surface area contributed by atoms with Gasteiger partial charge in [0.1, 0.15) is 5.82 Å². The van der Waals surface area contributed by atoms with Gasteiger partial charge in [-0.15, -0.1) is 0 Å². The fourth-order valence-corrected chi connectivity index (χ4v) is 1.10. The van der Waals surface area contributed by atoms with E-state index < -0.39 is 0 Å². The van der Waals surface area contributed by atoms with Gasteiger partial charge in [0.15, 0.2) is 5.43 Å². The molecule has 5 heteroatoms. The van der Waals surface area contributed by atoms with Gasteiger partial charge in [0.05, 0.1) is 11.3 Å². The van der Waals surface area contributed by atoms with Gasteiger partial charge in [0.2, 0.25) is 0 Å². The molecule has 0 unspecified atom stereocenters. The predicted octanol–water partition coefficient (Wildman–Crippen LogP) is 0.347. The van der Waals surface area contributed by atoms with Crippen molar-refractivity contribution in [2.45, 2.75) is 0 Å². The molecule has 0 bridgehead atoms. The van der Waals surface area contributed by atoms with E-state index in [2.05, 4.69) is 15.2 Å². The van der Waals surface area contributed by atoms with Crippen molar-refractivity contribution in [2.75, 3.05) is 5.73 Å². The standard InChI is InChI=1S/C8H8N4O/c9-8-3-6(11-12-8)5-4-10-2-1-7(5)13/h1-4H,(H,10,13)(H3,9,11,12). The number of pyridine rings is 1. The Labute approximate surface area is 73.6 Å². The van der Waals surface area contributed by atoms with Gasteiger partial charge in [-0.1, -0.05) is 0 Å². The van der Waals surface area contributed by atoms with Crippen molar-refractivity contribution in [3.05, 3.63) is 34.7 Å². The quantitative estimate of drug-likeness (QED) is 0.585. The summed E-state index contributed by atoms with van der Waals surface area (Å²) in [7, 11) is 0. The minimum Gasteiger partial charge on any atom is -0.382 e. The number of anilines is 1. The highest BCUT2D eigenvalue weighted by molar-refractivity contribution is 5.60. The number of nitrogen functional groups attached to an aromatic ring is 1. The van der Waals surface area contributed by atoms with Crippen LogP contribution in [0.2, 0.25) is 0 Å². The van der Waals surface area contributed by atoms with Crippen LogP contribution in [0.15, 0.2) is 29.3 Å². The van der Waals surface area contributed by atoms with Gasteiger partial charge in [-0.2, -0.15) is 5.10 Å². The van der Waals surface area contributed by atoms with Crippen LogP contribution in [-0.4, -0.2) is 15.2 Å². The highest BCUT2D eigenvalue weighted by atomic mass is 16.1. The zero-order chi connectivity index (χ0) is 9.26. The zero-order valence-electron chi connectivity index (χ0n) is 6.74. The molecule has 4 N–H and O–H groups in total. The molecule has 0 fully saturated rings. The molecule has 0 aliphatic heterocycles. The number of aromatic amines is 2. The number of nitrogens with one attached hydrogen (secondary N) is 2. The number of nitrogens with zero attached hydrogens (tertiary/aromatic N) is 1. The Hall–Kier alpha value is -2.04. The van der Waals surface area contributed by atoms with Crippen molar-refractivity contribution in [3.63, 3.8) is 0 Å². The molecule has 0 radical (unpaired) electrons. The van der Waals surface area contributed by atoms with Crippen LogP contribution < -0.4 is 11.2 Å². The van der Waals surface area contributed by atoms with Gasteiger partial charge >= 0.3 is 0 Å². The van der Waals surface area contributed by atoms with Gasteiger partial charge in [-0.3, -0.25) is 9.89 Å². The first-order chi connectivity index (χ1) is 6.27. The van der Waals surface area contributed by atoms with Gasteiger partial charge in [-0.05, 0) is 0 Å². The monoisotopic (exact) mass is 176 g/mol. The molecule has 2 aromatic rings. The normalized spacial score (nSPS) is 10.2. The third kappa shape index (κ3) is 1.31. The lowest BCUT2D eigenvalue weighted by Crippen LogP contribution is -2.02. The number of hydrogen-bond donors (Lipinski definition) is 3. The molecule has 66 valence electrons. The lowest BCUT2D eigenvalue weighted by molar-refractivity contribution is 1.10. The smallest absolute Gasteiger partial charge is 0.190 e. The highest BCUT2D eigenvalue weighted by Gasteiger charge is 2.03. The Kier molecular flexibility index (Phi) is 1.63. The van der Waals surface area contributed by atoms with Crippen LogP contribution in [-0.2, 0) is 0 Å². The first kappa shape index (κ1) is 7.60. The molecule has 2 heterocycles. The summed E-state index contributed by atoms with van der Waals surface area (Å²) in [5, 5.41) is 6.40. The number of nitrogens with two attached hydrogens (primary N) is 1. The largest absolute Gasteiger partial charge is 0.382 e. The molecule has 0 aliphatic rings. The minimum atomic E-state index is -0.0672. The minimum absolute atomic E-state index is 0.0672. The molecule has 13 heavy (non-hydrogen) atoms. The zero-order valence-corrected chi connectivity index (χ0v) is 6.74. The molecule has 5 nitrogen and oxygen atoms in total. The summed E-state index contributed by atoms with van der Waals surface area (Å²) in [4.78, 5) is 14.1. The van der Waals surface area contributed by atoms with E-state index in [9.17, 15) is 4.79 Å². The van der Waals surface area contributed by atoms with Crippen LogP contribution in [0, 0.1) is 0 Å². The SMILES string of the molecule is Nc1cc(-c2c[nH]ccc2=O)[nH]n1. The van der Waals surface area contributed by atoms with Gasteiger partial charge < -0.3 is 10.7 Å². The Bertz CT molecular complexity index is 471. The van der Waals surface area contributed by atoms with Crippen molar-refractivity contribution in [2.24, 2.45) is 0 Å². The maximum absolute atomic E-state index is 11.3. The van der Waals surface area contributed by atoms with Crippen LogP contribution in [0.5, 0.6) is 0 Å². The van der Waals surface area contributed by atoms with E-state index in [1.807, 2.05) is 0 Å². The van der Waals surface area contributed by atoms with E-state index in [4.69, 9.17) is 5.73 Å². The van der Waals surface area contributed by atoms with Crippen LogP contribution >= 0.6 is 0 Å². The molecular weight excluding hydrogens is 168 g/mol. The molecular formula is C8H8N4O. The molecule has 2 rings (SSSR count). The second-order valence-electron chi connectivity index (χ2n) is 2.63. The van der Waals surface area contributed by atoms with Gasteiger partial charge in [0, 0.05) is 24.5 Å². The average molecular weight is 176 g/mol. The van der Waals surface area contributed by atoms with Crippen molar-refractivity contribution in [1.82, 2.24) is 15.2 Å². The molecule has 0 saturated heterocycles. The molecule has 0 aromatic carbocycles. The van der Waals surface area contributed by atoms with E-state index in [0.717, 1.165) is 0 Å². The summed E-state index contributed by atoms with van der Waals surface area (Å²) >= 11 is 0. The number of H-pyrrole nitrogens is 2. The summed E-state index contributed by atoms with van der Waals surface area (Å²) in [5.41, 5.74) is 6.50. The molecule has 0 amide bonds. The Balaban J connectivity index is 2.59. The third-order valence-corrected chi connectivity index (χ3v) is 1.71. The molecule has 0 saturated carbocycles. The summed E-state index contributed by atoms with van der Waals surface area (Å²) in [6.45, 7) is 0. The molecule has 0 aliphatic carbocycles. The maximum atomic E-state index is 11.3. The third-order valence-electron chi connectivity index (χ3n) is 1.71. The summed E-state index contributed by atoms with van der Waals surface area (Å²) in [6.07, 6.45) is 3.18. The Morgan fingerprint density at radius 2 is 2.31 bits per heavy atom. The second-order valence-corrected chi connectivity index (χ2v) is 2.63. The van der Waals surface area contributed by atoms with Crippen molar-refractivity contribution >= 4 is 5.82 Å². The van der Waals surface area contributed by atoms with E-state index in [-0.39, 0.29) is 5.43 Å². The van der Waals surface area contributed by atoms with Gasteiger partial charge in [0.25, 0.3) is 0 Å². The average Bonchev–Trinajstić information content (AvgIpc) is 2.53. The van der Waals surface area contributed by atoms with Gasteiger partial charge in [-0.25, -0.2) is 0 Å². The fourth-order valence-electron chi connectivity index (χ4n) is 1.10. The molecule has 2 aromatic heterocycles. The van der Waals surface area contributed by atoms with Crippen LogP contribution in [0.3, 0.4) is 0 Å². The lowest BCUT2D eigenvalue weighted by Gasteiger charge is -1.92. The van der Waals surface area contributed by atoms with Crippen molar-refractivity contribution in [3.8, 4) is 11.3 Å². The maximum Gasteiger partial charge on any atom is 0.190 e. The first-order valence-corrected chi connectivity index (χ1v) is 3.76. The first-order valence-electron chi connectivity index (χ1n) is 3.76.